The third kappa shape index (κ3) is 3.19. The Morgan fingerprint density at radius 1 is 1.42 bits per heavy atom. The second-order valence-corrected chi connectivity index (χ2v) is 6.02. The van der Waals surface area contributed by atoms with Crippen LogP contribution in [0.15, 0.2) is 36.8 Å². The third-order valence-corrected chi connectivity index (χ3v) is 4.31. The number of benzene rings is 1. The summed E-state index contributed by atoms with van der Waals surface area (Å²) >= 11 is 0. The minimum absolute atomic E-state index is 0.0403. The molecule has 0 spiro atoms. The second kappa shape index (κ2) is 6.88. The lowest BCUT2D eigenvalue weighted by Gasteiger charge is -2.14. The first-order valence-electron chi connectivity index (χ1n) is 8.09. The van der Waals surface area contributed by atoms with E-state index in [2.05, 4.69) is 45.8 Å². The molecular weight excluding hydrogens is 302 g/mol. The number of para-hydroxylation sites is 1. The Kier molecular flexibility index (Phi) is 4.66. The summed E-state index contributed by atoms with van der Waals surface area (Å²) in [5.74, 6) is -0.0403. The van der Waals surface area contributed by atoms with Crippen LogP contribution in [-0.4, -0.2) is 34.3 Å². The summed E-state index contributed by atoms with van der Waals surface area (Å²) in [4.78, 5) is 15.7. The monoisotopic (exact) mass is 325 g/mol. The molecule has 6 heteroatoms. The number of likely N-dealkylation sites (N-methyl/N-ethyl adjacent to an activating group) is 1. The van der Waals surface area contributed by atoms with E-state index in [0.29, 0.717) is 6.54 Å². The van der Waals surface area contributed by atoms with Crippen molar-refractivity contribution in [3.63, 3.8) is 0 Å². The number of H-pyrrole nitrogens is 1. The van der Waals surface area contributed by atoms with Gasteiger partial charge < -0.3 is 15.6 Å². The lowest BCUT2D eigenvalue weighted by atomic mass is 10.1. The molecular formula is C18H23N5O. The van der Waals surface area contributed by atoms with E-state index in [9.17, 15) is 4.79 Å². The Bertz CT molecular complexity index is 848. The molecule has 2 aromatic heterocycles. The summed E-state index contributed by atoms with van der Waals surface area (Å²) in [7, 11) is 3.62. The fraction of sp³-hybridized carbons (Fsp3) is 0.333. The number of aromatic nitrogens is 3. The SMILES string of the molecule is CNC(C(=O)NCCc1c[nH]c2c(C)cccc12)c1cnn(C)c1. The van der Waals surface area contributed by atoms with Gasteiger partial charge in [0.2, 0.25) is 5.91 Å². The second-order valence-electron chi connectivity index (χ2n) is 6.02. The number of aromatic amines is 1. The Morgan fingerprint density at radius 3 is 2.96 bits per heavy atom. The van der Waals surface area contributed by atoms with Gasteiger partial charge in [0.25, 0.3) is 0 Å². The number of amides is 1. The van der Waals surface area contributed by atoms with Crippen molar-refractivity contribution in [3.05, 3.63) is 53.5 Å². The molecule has 3 aromatic rings. The van der Waals surface area contributed by atoms with Crippen LogP contribution in [0.3, 0.4) is 0 Å². The van der Waals surface area contributed by atoms with Crippen molar-refractivity contribution in [2.45, 2.75) is 19.4 Å². The lowest BCUT2D eigenvalue weighted by Crippen LogP contribution is -2.36. The van der Waals surface area contributed by atoms with Gasteiger partial charge in [-0.25, -0.2) is 0 Å². The number of nitrogens with zero attached hydrogens (tertiary/aromatic N) is 2. The van der Waals surface area contributed by atoms with Crippen LogP contribution in [0.4, 0.5) is 0 Å². The van der Waals surface area contributed by atoms with E-state index in [1.54, 1.807) is 17.9 Å². The summed E-state index contributed by atoms with van der Waals surface area (Å²) in [6.45, 7) is 2.69. The molecule has 3 N–H and O–H groups in total. The highest BCUT2D eigenvalue weighted by Gasteiger charge is 2.19. The molecule has 6 nitrogen and oxygen atoms in total. The van der Waals surface area contributed by atoms with E-state index in [0.717, 1.165) is 12.0 Å². The van der Waals surface area contributed by atoms with Gasteiger partial charge in [-0.2, -0.15) is 5.10 Å². The normalized spacial score (nSPS) is 12.5. The highest BCUT2D eigenvalue weighted by Crippen LogP contribution is 2.21. The predicted octanol–water partition coefficient (Wildman–Crippen LogP) is 1.83. The summed E-state index contributed by atoms with van der Waals surface area (Å²) in [5, 5.41) is 11.4. The van der Waals surface area contributed by atoms with Gasteiger partial charge in [0.1, 0.15) is 6.04 Å². The van der Waals surface area contributed by atoms with Crippen molar-refractivity contribution in [1.82, 2.24) is 25.4 Å². The molecule has 2 heterocycles. The molecule has 1 aromatic carbocycles. The fourth-order valence-electron chi connectivity index (χ4n) is 3.03. The molecule has 0 saturated carbocycles. The zero-order valence-electron chi connectivity index (χ0n) is 14.3. The van der Waals surface area contributed by atoms with Crippen LogP contribution in [0.5, 0.6) is 0 Å². The Hall–Kier alpha value is -2.60. The summed E-state index contributed by atoms with van der Waals surface area (Å²) in [6.07, 6.45) is 6.38. The van der Waals surface area contributed by atoms with Crippen LogP contribution in [0.25, 0.3) is 10.9 Å². The van der Waals surface area contributed by atoms with E-state index in [-0.39, 0.29) is 11.9 Å². The maximum Gasteiger partial charge on any atom is 0.241 e. The van der Waals surface area contributed by atoms with Crippen LogP contribution < -0.4 is 10.6 Å². The summed E-state index contributed by atoms with van der Waals surface area (Å²) < 4.78 is 1.70. The van der Waals surface area contributed by atoms with Gasteiger partial charge in [0.15, 0.2) is 0 Å². The van der Waals surface area contributed by atoms with Crippen LogP contribution in [0.2, 0.25) is 0 Å². The number of carbonyl (C=O) groups is 1. The molecule has 3 rings (SSSR count). The fourth-order valence-corrected chi connectivity index (χ4v) is 3.03. The van der Waals surface area contributed by atoms with Crippen LogP contribution in [0, 0.1) is 6.92 Å². The topological polar surface area (TPSA) is 74.7 Å². The number of nitrogens with one attached hydrogen (secondary N) is 3. The highest BCUT2D eigenvalue weighted by atomic mass is 16.2. The van der Waals surface area contributed by atoms with Gasteiger partial charge >= 0.3 is 0 Å². The molecule has 1 unspecified atom stereocenters. The Balaban J connectivity index is 1.62. The predicted molar refractivity (Wildman–Crippen MR) is 94.8 cm³/mol. The van der Waals surface area contributed by atoms with Crippen LogP contribution in [-0.2, 0) is 18.3 Å². The Morgan fingerprint density at radius 2 is 2.25 bits per heavy atom. The van der Waals surface area contributed by atoms with Crippen molar-refractivity contribution in [2.24, 2.45) is 7.05 Å². The minimum atomic E-state index is -0.385. The highest BCUT2D eigenvalue weighted by molar-refractivity contribution is 5.86. The lowest BCUT2D eigenvalue weighted by molar-refractivity contribution is -0.123. The quantitative estimate of drug-likeness (QED) is 0.647. The van der Waals surface area contributed by atoms with Gasteiger partial charge in [-0.1, -0.05) is 18.2 Å². The molecule has 126 valence electrons. The van der Waals surface area contributed by atoms with E-state index >= 15 is 0 Å². The van der Waals surface area contributed by atoms with Crippen molar-refractivity contribution in [3.8, 4) is 0 Å². The van der Waals surface area contributed by atoms with Crippen LogP contribution >= 0.6 is 0 Å². The van der Waals surface area contributed by atoms with Crippen molar-refractivity contribution in [1.29, 1.82) is 0 Å². The molecule has 24 heavy (non-hydrogen) atoms. The molecule has 0 bridgehead atoms. The first-order chi connectivity index (χ1) is 11.6. The molecule has 1 atom stereocenters. The number of aryl methyl sites for hydroxylation is 2. The van der Waals surface area contributed by atoms with Crippen LogP contribution in [0.1, 0.15) is 22.7 Å². The zero-order chi connectivity index (χ0) is 17.1. The van der Waals surface area contributed by atoms with Gasteiger partial charge in [0.05, 0.1) is 6.20 Å². The summed E-state index contributed by atoms with van der Waals surface area (Å²) in [5.41, 5.74) is 4.48. The summed E-state index contributed by atoms with van der Waals surface area (Å²) in [6, 6.07) is 5.88. The molecule has 0 aliphatic carbocycles. The van der Waals surface area contributed by atoms with E-state index in [1.165, 1.54) is 22.0 Å². The Labute approximate surface area is 141 Å². The molecule has 0 radical (unpaired) electrons. The largest absolute Gasteiger partial charge is 0.361 e. The average Bonchev–Trinajstić information content (AvgIpc) is 3.16. The van der Waals surface area contributed by atoms with Gasteiger partial charge in [-0.15, -0.1) is 0 Å². The van der Waals surface area contributed by atoms with E-state index in [1.807, 2.05) is 19.4 Å². The third-order valence-electron chi connectivity index (χ3n) is 4.31. The minimum Gasteiger partial charge on any atom is -0.361 e. The van der Waals surface area contributed by atoms with Gasteiger partial charge in [-0.05, 0) is 31.5 Å². The molecule has 0 fully saturated rings. The van der Waals surface area contributed by atoms with Crippen molar-refractivity contribution in [2.75, 3.05) is 13.6 Å². The van der Waals surface area contributed by atoms with Crippen molar-refractivity contribution >= 4 is 16.8 Å². The maximum atomic E-state index is 12.4. The molecule has 0 aliphatic rings. The van der Waals surface area contributed by atoms with E-state index < -0.39 is 0 Å². The average molecular weight is 325 g/mol. The molecule has 0 aliphatic heterocycles. The molecule has 1 amide bonds. The number of fused-ring (bicyclic) bond motifs is 1. The van der Waals surface area contributed by atoms with Crippen molar-refractivity contribution < 1.29 is 4.79 Å². The first kappa shape index (κ1) is 16.3. The standard InChI is InChI=1S/C18H23N5O/c1-12-5-4-6-15-13(9-21-16(12)15)7-8-20-18(24)17(19-2)14-10-22-23(3)11-14/h4-6,9-11,17,19,21H,7-8H2,1-3H3,(H,20,24). The van der Waals surface area contributed by atoms with Gasteiger partial charge in [-0.3, -0.25) is 9.48 Å². The number of hydrogen-bond donors (Lipinski definition) is 3. The first-order valence-corrected chi connectivity index (χ1v) is 8.09. The molecule has 0 saturated heterocycles. The number of rotatable bonds is 6. The number of hydrogen-bond acceptors (Lipinski definition) is 3. The smallest absolute Gasteiger partial charge is 0.241 e. The van der Waals surface area contributed by atoms with E-state index in [4.69, 9.17) is 0 Å². The zero-order valence-corrected chi connectivity index (χ0v) is 14.3. The van der Waals surface area contributed by atoms with Gasteiger partial charge in [0, 0.05) is 42.5 Å². The number of carbonyl (C=O) groups excluding carboxylic acids is 1. The maximum absolute atomic E-state index is 12.4.